The van der Waals surface area contributed by atoms with Gasteiger partial charge in [-0.3, -0.25) is 0 Å². The molecule has 160 valence electrons. The first-order valence-electron chi connectivity index (χ1n) is 10.0. The number of allylic oxidation sites excluding steroid dienone is 2. The van der Waals surface area contributed by atoms with E-state index in [2.05, 4.69) is 41.5 Å². The van der Waals surface area contributed by atoms with Crippen molar-refractivity contribution in [3.8, 4) is 11.5 Å². The van der Waals surface area contributed by atoms with Crippen LogP contribution in [0.15, 0.2) is 30.1 Å². The number of ether oxygens (including phenoxy) is 2. The standard InChI is InChI=1S/C22H30N6O2/c1-14(24-10-11-28(2)3)20-17(23)8-6-15-13-25-22(27-21(15)20)26-18-9-7-16(29-4)12-19(18)30-5/h7,9,12-13,23-24H,6,8,10-11H2,1-5H3,(H,25,26,27)/p+1/b20-14+,23-17?. The van der Waals surface area contributed by atoms with Gasteiger partial charge in [-0.15, -0.1) is 0 Å². The fourth-order valence-electron chi connectivity index (χ4n) is 3.48. The number of nitrogens with two attached hydrogens (primary N) is 1. The van der Waals surface area contributed by atoms with Crippen molar-refractivity contribution in [2.75, 3.05) is 46.7 Å². The maximum absolute atomic E-state index is 8.52. The van der Waals surface area contributed by atoms with Crippen LogP contribution < -0.4 is 20.1 Å². The van der Waals surface area contributed by atoms with Gasteiger partial charge < -0.3 is 30.4 Å². The van der Waals surface area contributed by atoms with Crippen molar-refractivity contribution in [3.05, 3.63) is 41.4 Å². The third kappa shape index (κ3) is 4.95. The maximum Gasteiger partial charge on any atom is 0.227 e. The SMILES string of the molecule is COc1ccc(Nc2ncc3c(n2)/C(=C(\C)[NH2+]CCN(C)C)C(=N)CC3)c(OC)c1. The van der Waals surface area contributed by atoms with Gasteiger partial charge in [-0.2, -0.15) is 0 Å². The van der Waals surface area contributed by atoms with Crippen molar-refractivity contribution in [2.45, 2.75) is 19.8 Å². The second kappa shape index (κ2) is 9.69. The van der Waals surface area contributed by atoms with Gasteiger partial charge in [0.15, 0.2) is 0 Å². The second-order valence-corrected chi connectivity index (χ2v) is 7.59. The molecule has 0 saturated heterocycles. The molecule has 0 amide bonds. The minimum atomic E-state index is 0.477. The zero-order valence-electron chi connectivity index (χ0n) is 18.4. The van der Waals surface area contributed by atoms with Crippen molar-refractivity contribution in [3.63, 3.8) is 0 Å². The highest BCUT2D eigenvalue weighted by Crippen LogP contribution is 2.32. The van der Waals surface area contributed by atoms with Gasteiger partial charge in [-0.25, -0.2) is 9.97 Å². The van der Waals surface area contributed by atoms with Crippen molar-refractivity contribution in [1.82, 2.24) is 14.9 Å². The van der Waals surface area contributed by atoms with E-state index in [4.69, 9.17) is 19.9 Å². The lowest BCUT2D eigenvalue weighted by atomic mass is 9.89. The molecular weight excluding hydrogens is 380 g/mol. The van der Waals surface area contributed by atoms with E-state index < -0.39 is 0 Å². The number of nitrogens with one attached hydrogen (secondary N) is 2. The lowest BCUT2D eigenvalue weighted by Gasteiger charge is -2.21. The summed E-state index contributed by atoms with van der Waals surface area (Å²) in [7, 11) is 7.36. The van der Waals surface area contributed by atoms with Crippen molar-refractivity contribution >= 4 is 22.9 Å². The molecule has 1 heterocycles. The number of aryl methyl sites for hydroxylation is 1. The summed E-state index contributed by atoms with van der Waals surface area (Å²) in [5, 5.41) is 14.0. The van der Waals surface area contributed by atoms with Crippen molar-refractivity contribution in [1.29, 1.82) is 5.41 Å². The molecule has 0 spiro atoms. The molecule has 0 unspecified atom stereocenters. The van der Waals surface area contributed by atoms with Gasteiger partial charge in [0.2, 0.25) is 5.95 Å². The van der Waals surface area contributed by atoms with E-state index in [0.717, 1.165) is 47.7 Å². The molecule has 1 aromatic carbocycles. The van der Waals surface area contributed by atoms with E-state index in [-0.39, 0.29) is 0 Å². The molecular formula is C22H31N6O2+. The monoisotopic (exact) mass is 411 g/mol. The number of aromatic nitrogens is 2. The quantitative estimate of drug-likeness (QED) is 0.615. The smallest absolute Gasteiger partial charge is 0.227 e. The molecule has 0 atom stereocenters. The van der Waals surface area contributed by atoms with E-state index in [1.165, 1.54) is 0 Å². The van der Waals surface area contributed by atoms with Gasteiger partial charge in [0.25, 0.3) is 0 Å². The van der Waals surface area contributed by atoms with Gasteiger partial charge in [0.1, 0.15) is 17.2 Å². The van der Waals surface area contributed by atoms with Crippen LogP contribution in [-0.4, -0.2) is 62.0 Å². The van der Waals surface area contributed by atoms with Gasteiger partial charge in [0.05, 0.1) is 37.7 Å². The minimum Gasteiger partial charge on any atom is -0.497 e. The van der Waals surface area contributed by atoms with Crippen molar-refractivity contribution < 1.29 is 14.8 Å². The van der Waals surface area contributed by atoms with Gasteiger partial charge >= 0.3 is 0 Å². The average molecular weight is 412 g/mol. The molecule has 8 nitrogen and oxygen atoms in total. The number of hydrogen-bond acceptors (Lipinski definition) is 7. The third-order valence-corrected chi connectivity index (χ3v) is 5.12. The highest BCUT2D eigenvalue weighted by molar-refractivity contribution is 6.23. The molecule has 4 N–H and O–H groups in total. The lowest BCUT2D eigenvalue weighted by molar-refractivity contribution is -0.604. The third-order valence-electron chi connectivity index (χ3n) is 5.12. The predicted molar refractivity (Wildman–Crippen MR) is 119 cm³/mol. The normalized spacial score (nSPS) is 15.1. The number of likely N-dealkylation sites (N-methyl/N-ethyl adjacent to an activating group) is 1. The van der Waals surface area contributed by atoms with Crippen LogP contribution in [0.4, 0.5) is 11.6 Å². The molecule has 0 aliphatic heterocycles. The molecule has 8 heteroatoms. The largest absolute Gasteiger partial charge is 0.497 e. The Hall–Kier alpha value is -2.97. The molecule has 1 aromatic heterocycles. The zero-order valence-corrected chi connectivity index (χ0v) is 18.4. The number of quaternary nitrogens is 1. The molecule has 1 aliphatic carbocycles. The highest BCUT2D eigenvalue weighted by Gasteiger charge is 2.25. The average Bonchev–Trinajstić information content (AvgIpc) is 2.73. The van der Waals surface area contributed by atoms with Gasteiger partial charge in [-0.05, 0) is 44.6 Å². The zero-order chi connectivity index (χ0) is 21.7. The summed E-state index contributed by atoms with van der Waals surface area (Å²) in [6, 6.07) is 5.54. The molecule has 1 aliphatic rings. The van der Waals surface area contributed by atoms with Gasteiger partial charge in [0, 0.05) is 31.4 Å². The van der Waals surface area contributed by atoms with Crippen LogP contribution in [0.2, 0.25) is 0 Å². The summed E-state index contributed by atoms with van der Waals surface area (Å²) in [4.78, 5) is 11.4. The summed E-state index contributed by atoms with van der Waals surface area (Å²) < 4.78 is 10.7. The first-order chi connectivity index (χ1) is 14.4. The number of fused-ring (bicyclic) bond motifs is 1. The van der Waals surface area contributed by atoms with Crippen LogP contribution in [0, 0.1) is 5.41 Å². The van der Waals surface area contributed by atoms with Gasteiger partial charge in [-0.1, -0.05) is 0 Å². The molecule has 30 heavy (non-hydrogen) atoms. The number of methoxy groups -OCH3 is 2. The Bertz CT molecular complexity index is 955. The van der Waals surface area contributed by atoms with E-state index in [1.807, 2.05) is 24.4 Å². The predicted octanol–water partition coefficient (Wildman–Crippen LogP) is 2.06. The van der Waals surface area contributed by atoms with Crippen molar-refractivity contribution in [2.24, 2.45) is 0 Å². The Balaban J connectivity index is 1.91. The summed E-state index contributed by atoms with van der Waals surface area (Å²) >= 11 is 0. The minimum absolute atomic E-state index is 0.477. The molecule has 0 saturated carbocycles. The first-order valence-corrected chi connectivity index (χ1v) is 10.0. The fraction of sp³-hybridized carbons (Fsp3) is 0.409. The van der Waals surface area contributed by atoms with E-state index in [0.29, 0.717) is 29.6 Å². The lowest BCUT2D eigenvalue weighted by Crippen LogP contribution is -2.83. The molecule has 3 rings (SSSR count). The molecule has 0 fully saturated rings. The maximum atomic E-state index is 8.52. The molecule has 0 radical (unpaired) electrons. The number of rotatable bonds is 8. The Kier molecular flexibility index (Phi) is 7.02. The van der Waals surface area contributed by atoms with E-state index in [1.54, 1.807) is 14.2 Å². The summed E-state index contributed by atoms with van der Waals surface area (Å²) in [6.07, 6.45) is 3.36. The number of benzene rings is 1. The number of hydrogen-bond donors (Lipinski definition) is 3. The second-order valence-electron chi connectivity index (χ2n) is 7.59. The Morgan fingerprint density at radius 3 is 2.73 bits per heavy atom. The molecule has 2 aromatic rings. The highest BCUT2D eigenvalue weighted by atomic mass is 16.5. The fourth-order valence-corrected chi connectivity index (χ4v) is 3.48. The summed E-state index contributed by atoms with van der Waals surface area (Å²) in [6.45, 7) is 3.97. The first kappa shape index (κ1) is 21.7. The summed E-state index contributed by atoms with van der Waals surface area (Å²) in [5.74, 6) is 1.84. The summed E-state index contributed by atoms with van der Waals surface area (Å²) in [5.41, 5.74) is 5.32. The van der Waals surface area contributed by atoms with E-state index >= 15 is 0 Å². The van der Waals surface area contributed by atoms with Crippen LogP contribution in [0.3, 0.4) is 0 Å². The number of anilines is 2. The van der Waals surface area contributed by atoms with Crippen LogP contribution in [-0.2, 0) is 6.42 Å². The number of nitrogens with zero attached hydrogens (tertiary/aromatic N) is 3. The Morgan fingerprint density at radius 2 is 2.03 bits per heavy atom. The van der Waals surface area contributed by atoms with Crippen LogP contribution in [0.1, 0.15) is 24.6 Å². The van der Waals surface area contributed by atoms with Crippen LogP contribution in [0.25, 0.3) is 5.57 Å². The Morgan fingerprint density at radius 1 is 1.23 bits per heavy atom. The Labute approximate surface area is 177 Å². The van der Waals surface area contributed by atoms with Crippen LogP contribution in [0.5, 0.6) is 11.5 Å². The topological polar surface area (TPSA) is 100.0 Å². The van der Waals surface area contributed by atoms with Crippen LogP contribution >= 0.6 is 0 Å². The van der Waals surface area contributed by atoms with E-state index in [9.17, 15) is 0 Å². The molecule has 0 bridgehead atoms.